The zero-order chi connectivity index (χ0) is 17.2. The largest absolute Gasteiger partial charge is 0.451 e. The van der Waals surface area contributed by atoms with Crippen LogP contribution in [0.1, 0.15) is 29.4 Å². The Labute approximate surface area is 144 Å². The van der Waals surface area contributed by atoms with E-state index >= 15 is 0 Å². The minimum atomic E-state index is -0.300. The molecule has 1 aliphatic rings. The van der Waals surface area contributed by atoms with E-state index in [1.807, 2.05) is 15.7 Å². The molecule has 6 heteroatoms. The van der Waals surface area contributed by atoms with Crippen molar-refractivity contribution in [1.29, 1.82) is 0 Å². The predicted molar refractivity (Wildman–Crippen MR) is 90.5 cm³/mol. The van der Waals surface area contributed by atoms with Crippen LogP contribution in [0.4, 0.5) is 4.39 Å². The van der Waals surface area contributed by atoms with E-state index in [4.69, 9.17) is 4.42 Å². The van der Waals surface area contributed by atoms with Gasteiger partial charge in [0, 0.05) is 31.0 Å². The third-order valence-electron chi connectivity index (χ3n) is 4.58. The number of carbonyl (C=O) groups is 1. The van der Waals surface area contributed by atoms with Gasteiger partial charge in [-0.25, -0.2) is 9.37 Å². The van der Waals surface area contributed by atoms with Crippen LogP contribution in [0.5, 0.6) is 0 Å². The average Bonchev–Trinajstić information content (AvgIpc) is 3.34. The molecule has 1 aliphatic heterocycles. The molecule has 1 fully saturated rings. The van der Waals surface area contributed by atoms with Gasteiger partial charge >= 0.3 is 0 Å². The molecule has 3 heterocycles. The van der Waals surface area contributed by atoms with Gasteiger partial charge in [-0.1, -0.05) is 0 Å². The van der Waals surface area contributed by atoms with Crippen LogP contribution < -0.4 is 0 Å². The summed E-state index contributed by atoms with van der Waals surface area (Å²) in [7, 11) is 0. The van der Waals surface area contributed by atoms with Crippen LogP contribution in [0.15, 0.2) is 59.5 Å². The smallest absolute Gasteiger partial charge is 0.289 e. The molecule has 1 aromatic carbocycles. The van der Waals surface area contributed by atoms with Gasteiger partial charge in [-0.05, 0) is 49.2 Å². The number of carbonyl (C=O) groups excluding carboxylic acids is 1. The van der Waals surface area contributed by atoms with E-state index in [9.17, 15) is 9.18 Å². The van der Waals surface area contributed by atoms with Gasteiger partial charge in [0.25, 0.3) is 5.91 Å². The highest BCUT2D eigenvalue weighted by Crippen LogP contribution is 2.26. The lowest BCUT2D eigenvalue weighted by molar-refractivity contribution is 0.0648. The number of aromatic nitrogens is 2. The summed E-state index contributed by atoms with van der Waals surface area (Å²) in [5.74, 6) is 0.459. The van der Waals surface area contributed by atoms with Crippen molar-refractivity contribution in [2.45, 2.75) is 18.9 Å². The van der Waals surface area contributed by atoms with Crippen molar-refractivity contribution in [3.05, 3.63) is 66.7 Å². The first-order valence-corrected chi connectivity index (χ1v) is 8.33. The summed E-state index contributed by atoms with van der Waals surface area (Å²) in [6.45, 7) is 1.36. The summed E-state index contributed by atoms with van der Waals surface area (Å²) in [4.78, 5) is 18.7. The van der Waals surface area contributed by atoms with E-state index < -0.39 is 0 Å². The van der Waals surface area contributed by atoms with Crippen molar-refractivity contribution in [3.63, 3.8) is 0 Å². The van der Waals surface area contributed by atoms with E-state index in [2.05, 4.69) is 4.98 Å². The molecule has 1 unspecified atom stereocenters. The quantitative estimate of drug-likeness (QED) is 0.730. The SMILES string of the molecule is O=C(c1ccc(-c2ccc(F)cc2)o1)N1CCCC(n2ccnc2)C1. The minimum absolute atomic E-state index is 0.113. The molecule has 0 N–H and O–H groups in total. The number of rotatable bonds is 3. The lowest BCUT2D eigenvalue weighted by Gasteiger charge is -2.32. The van der Waals surface area contributed by atoms with Crippen molar-refractivity contribution >= 4 is 5.91 Å². The van der Waals surface area contributed by atoms with Gasteiger partial charge in [0.15, 0.2) is 5.76 Å². The van der Waals surface area contributed by atoms with Crippen LogP contribution in [-0.2, 0) is 0 Å². The Balaban J connectivity index is 1.50. The third kappa shape index (κ3) is 3.20. The van der Waals surface area contributed by atoms with E-state index in [-0.39, 0.29) is 17.8 Å². The number of hydrogen-bond donors (Lipinski definition) is 0. The molecule has 3 aromatic rings. The molecule has 0 spiro atoms. The Morgan fingerprint density at radius 1 is 1.20 bits per heavy atom. The van der Waals surface area contributed by atoms with Crippen molar-refractivity contribution in [2.75, 3.05) is 13.1 Å². The average molecular weight is 339 g/mol. The van der Waals surface area contributed by atoms with E-state index in [1.54, 1.807) is 36.8 Å². The van der Waals surface area contributed by atoms with Crippen LogP contribution in [0.3, 0.4) is 0 Å². The van der Waals surface area contributed by atoms with Crippen molar-refractivity contribution in [2.24, 2.45) is 0 Å². The van der Waals surface area contributed by atoms with Crippen LogP contribution >= 0.6 is 0 Å². The number of likely N-dealkylation sites (tertiary alicyclic amines) is 1. The number of amides is 1. The Morgan fingerprint density at radius 2 is 2.04 bits per heavy atom. The monoisotopic (exact) mass is 339 g/mol. The molecule has 25 heavy (non-hydrogen) atoms. The number of imidazole rings is 1. The second kappa shape index (κ2) is 6.55. The summed E-state index contributed by atoms with van der Waals surface area (Å²) in [6.07, 6.45) is 7.44. The highest BCUT2D eigenvalue weighted by atomic mass is 19.1. The number of halogens is 1. The molecule has 128 valence electrons. The van der Waals surface area contributed by atoms with Crippen molar-refractivity contribution in [3.8, 4) is 11.3 Å². The fourth-order valence-corrected chi connectivity index (χ4v) is 3.25. The molecule has 0 aliphatic carbocycles. The Hall–Kier alpha value is -2.89. The lowest BCUT2D eigenvalue weighted by Crippen LogP contribution is -2.40. The molecule has 1 atom stereocenters. The summed E-state index contributed by atoms with van der Waals surface area (Å²) in [5, 5.41) is 0. The second-order valence-electron chi connectivity index (χ2n) is 6.23. The Kier molecular flexibility index (Phi) is 4.09. The van der Waals surface area contributed by atoms with E-state index in [0.717, 1.165) is 24.9 Å². The van der Waals surface area contributed by atoms with Crippen LogP contribution in [0.25, 0.3) is 11.3 Å². The number of benzene rings is 1. The maximum Gasteiger partial charge on any atom is 0.289 e. The molecule has 1 amide bonds. The Morgan fingerprint density at radius 3 is 2.80 bits per heavy atom. The van der Waals surface area contributed by atoms with Crippen molar-refractivity contribution < 1.29 is 13.6 Å². The number of furan rings is 1. The normalized spacial score (nSPS) is 17.6. The minimum Gasteiger partial charge on any atom is -0.451 e. The van der Waals surface area contributed by atoms with Gasteiger partial charge in [0.1, 0.15) is 11.6 Å². The van der Waals surface area contributed by atoms with Crippen LogP contribution in [0.2, 0.25) is 0 Å². The van der Waals surface area contributed by atoms with Gasteiger partial charge < -0.3 is 13.9 Å². The number of piperidine rings is 1. The molecule has 0 saturated carbocycles. The number of hydrogen-bond acceptors (Lipinski definition) is 3. The van der Waals surface area contributed by atoms with Gasteiger partial charge in [-0.2, -0.15) is 0 Å². The molecule has 5 nitrogen and oxygen atoms in total. The molecular formula is C19H18FN3O2. The lowest BCUT2D eigenvalue weighted by atomic mass is 10.1. The zero-order valence-corrected chi connectivity index (χ0v) is 13.6. The predicted octanol–water partition coefficient (Wildman–Crippen LogP) is 3.76. The molecule has 0 bridgehead atoms. The van der Waals surface area contributed by atoms with Gasteiger partial charge in [-0.15, -0.1) is 0 Å². The maximum absolute atomic E-state index is 13.0. The fourth-order valence-electron chi connectivity index (χ4n) is 3.25. The first-order chi connectivity index (χ1) is 12.2. The summed E-state index contributed by atoms with van der Waals surface area (Å²) < 4.78 is 20.8. The van der Waals surface area contributed by atoms with E-state index in [1.165, 1.54) is 12.1 Å². The van der Waals surface area contributed by atoms with Crippen molar-refractivity contribution in [1.82, 2.24) is 14.5 Å². The molecule has 0 radical (unpaired) electrons. The maximum atomic E-state index is 13.0. The highest BCUT2D eigenvalue weighted by Gasteiger charge is 2.27. The topological polar surface area (TPSA) is 51.3 Å². The first kappa shape index (κ1) is 15.6. The summed E-state index contributed by atoms with van der Waals surface area (Å²) in [6, 6.07) is 9.70. The third-order valence-corrected chi connectivity index (χ3v) is 4.58. The van der Waals surface area contributed by atoms with Crippen LogP contribution in [0, 0.1) is 5.82 Å². The summed E-state index contributed by atoms with van der Waals surface area (Å²) >= 11 is 0. The summed E-state index contributed by atoms with van der Waals surface area (Å²) in [5.41, 5.74) is 0.746. The fraction of sp³-hybridized carbons (Fsp3) is 0.263. The van der Waals surface area contributed by atoms with Crippen LogP contribution in [-0.4, -0.2) is 33.4 Å². The Bertz CT molecular complexity index is 855. The van der Waals surface area contributed by atoms with Gasteiger partial charge in [-0.3, -0.25) is 4.79 Å². The highest BCUT2D eigenvalue weighted by molar-refractivity contribution is 5.92. The number of nitrogens with zero attached hydrogens (tertiary/aromatic N) is 3. The second-order valence-corrected chi connectivity index (χ2v) is 6.23. The molecule has 1 saturated heterocycles. The first-order valence-electron chi connectivity index (χ1n) is 8.33. The standard InChI is InChI=1S/C19H18FN3O2/c20-15-5-3-14(4-6-15)17-7-8-18(25-17)19(24)22-10-1-2-16(12-22)23-11-9-21-13-23/h3-9,11,13,16H,1-2,10,12H2. The molecule has 4 rings (SSSR count). The zero-order valence-electron chi connectivity index (χ0n) is 13.6. The van der Waals surface area contributed by atoms with Gasteiger partial charge in [0.2, 0.25) is 0 Å². The van der Waals surface area contributed by atoms with Gasteiger partial charge in [0.05, 0.1) is 12.4 Å². The molecular weight excluding hydrogens is 321 g/mol. The van der Waals surface area contributed by atoms with E-state index in [0.29, 0.717) is 18.1 Å². The molecule has 2 aromatic heterocycles.